The molecule has 0 aliphatic rings. The lowest BCUT2D eigenvalue weighted by Crippen LogP contribution is -2.26. The molecule has 0 aliphatic heterocycles. The van der Waals surface area contributed by atoms with Crippen molar-refractivity contribution in [3.63, 3.8) is 0 Å². The summed E-state index contributed by atoms with van der Waals surface area (Å²) in [6, 6.07) is 20.8. The number of ketones is 1. The van der Waals surface area contributed by atoms with Gasteiger partial charge in [-0.15, -0.1) is 5.10 Å². The Labute approximate surface area is 254 Å². The molecule has 3 aromatic carbocycles. The van der Waals surface area contributed by atoms with Crippen LogP contribution in [0.3, 0.4) is 0 Å². The second-order valence-corrected chi connectivity index (χ2v) is 10.1. The van der Waals surface area contributed by atoms with Gasteiger partial charge in [-0.3, -0.25) is 9.59 Å². The monoisotopic (exact) mass is 621 g/mol. The van der Waals surface area contributed by atoms with Crippen LogP contribution in [-0.2, 0) is 17.6 Å². The van der Waals surface area contributed by atoms with Crippen LogP contribution in [0.5, 0.6) is 5.75 Å². The van der Waals surface area contributed by atoms with E-state index >= 15 is 0 Å². The van der Waals surface area contributed by atoms with Crippen molar-refractivity contribution in [2.45, 2.75) is 19.0 Å². The van der Waals surface area contributed by atoms with Crippen LogP contribution in [0.1, 0.15) is 21.5 Å². The van der Waals surface area contributed by atoms with Gasteiger partial charge >= 0.3 is 6.18 Å². The summed E-state index contributed by atoms with van der Waals surface area (Å²) in [7, 11) is 0. The highest BCUT2D eigenvalue weighted by atomic mass is 19.4. The van der Waals surface area contributed by atoms with E-state index < -0.39 is 18.7 Å². The summed E-state index contributed by atoms with van der Waals surface area (Å²) >= 11 is 0. The van der Waals surface area contributed by atoms with E-state index in [1.165, 1.54) is 28.8 Å². The number of benzene rings is 3. The number of fused-ring (bicyclic) bond motifs is 1. The van der Waals surface area contributed by atoms with E-state index in [0.29, 0.717) is 5.65 Å². The van der Waals surface area contributed by atoms with E-state index in [9.17, 15) is 27.2 Å². The molecule has 45 heavy (non-hydrogen) atoms. The molecule has 9 nitrogen and oxygen atoms in total. The van der Waals surface area contributed by atoms with E-state index in [4.69, 9.17) is 9.84 Å². The third-order valence-electron chi connectivity index (χ3n) is 6.61. The molecule has 3 N–H and O–H groups in total. The molecule has 13 heteroatoms. The van der Waals surface area contributed by atoms with Gasteiger partial charge in [0.05, 0.1) is 12.3 Å². The number of carbonyl (C=O) groups is 2. The van der Waals surface area contributed by atoms with Crippen molar-refractivity contribution in [3.05, 3.63) is 108 Å². The molecule has 0 saturated carbocycles. The van der Waals surface area contributed by atoms with Gasteiger partial charge in [0.1, 0.15) is 17.3 Å². The first-order valence-electron chi connectivity index (χ1n) is 13.8. The Morgan fingerprint density at radius 1 is 0.889 bits per heavy atom. The predicted molar refractivity (Wildman–Crippen MR) is 158 cm³/mol. The number of nitrogens with zero attached hydrogens (tertiary/aromatic N) is 3. The molecular weight excluding hydrogens is 594 g/mol. The first-order chi connectivity index (χ1) is 21.6. The van der Waals surface area contributed by atoms with Gasteiger partial charge in [-0.1, -0.05) is 36.4 Å². The van der Waals surface area contributed by atoms with Gasteiger partial charge in [0.2, 0.25) is 5.95 Å². The Balaban J connectivity index is 1.29. The molecule has 0 radical (unpaired) electrons. The van der Waals surface area contributed by atoms with Gasteiger partial charge in [0.25, 0.3) is 5.91 Å². The molecule has 0 bridgehead atoms. The van der Waals surface area contributed by atoms with E-state index in [0.717, 1.165) is 28.3 Å². The fourth-order valence-corrected chi connectivity index (χ4v) is 4.48. The third kappa shape index (κ3) is 8.42. The highest BCUT2D eigenvalue weighted by Gasteiger charge is 2.29. The number of aliphatic hydroxyl groups is 1. The SMILES string of the molecule is O=C(Cc1ccc(F)cc1)Cc1ccc(-c2ccc3nc(Nc4ccc(C(=O)NCCO)cc4OCC(F)(F)F)nn3c2)cc1. The molecule has 0 atom stereocenters. The summed E-state index contributed by atoms with van der Waals surface area (Å²) in [5, 5.41) is 18.6. The molecule has 0 unspecified atom stereocenters. The van der Waals surface area contributed by atoms with Crippen LogP contribution in [0.15, 0.2) is 85.1 Å². The summed E-state index contributed by atoms with van der Waals surface area (Å²) in [6.07, 6.45) is -2.43. The second kappa shape index (κ2) is 13.6. The fraction of sp³-hybridized carbons (Fsp3) is 0.188. The number of aliphatic hydroxyl groups excluding tert-OH is 1. The number of amides is 1. The Morgan fingerprint density at radius 3 is 2.22 bits per heavy atom. The van der Waals surface area contributed by atoms with E-state index in [2.05, 4.69) is 20.7 Å². The molecule has 0 aliphatic carbocycles. The average Bonchev–Trinajstić information content (AvgIpc) is 3.42. The molecule has 2 aromatic heterocycles. The number of hydrogen-bond donors (Lipinski definition) is 3. The zero-order valence-corrected chi connectivity index (χ0v) is 23.6. The van der Waals surface area contributed by atoms with Gasteiger partial charge in [-0.05, 0) is 59.2 Å². The van der Waals surface area contributed by atoms with E-state index in [1.54, 1.807) is 24.4 Å². The molecule has 0 saturated heterocycles. The van der Waals surface area contributed by atoms with Crippen molar-refractivity contribution < 1.29 is 37.0 Å². The number of rotatable bonds is 12. The van der Waals surface area contributed by atoms with E-state index in [1.807, 2.05) is 30.3 Å². The minimum atomic E-state index is -4.61. The maximum atomic E-state index is 13.1. The number of alkyl halides is 3. The fourth-order valence-electron chi connectivity index (χ4n) is 4.48. The van der Waals surface area contributed by atoms with Crippen molar-refractivity contribution in [3.8, 4) is 16.9 Å². The topological polar surface area (TPSA) is 118 Å². The summed E-state index contributed by atoms with van der Waals surface area (Å²) in [5.41, 5.74) is 3.85. The van der Waals surface area contributed by atoms with Gasteiger partial charge in [0.15, 0.2) is 12.3 Å². The normalized spacial score (nSPS) is 11.4. The van der Waals surface area contributed by atoms with E-state index in [-0.39, 0.29) is 60.5 Å². The number of pyridine rings is 1. The Morgan fingerprint density at radius 2 is 1.56 bits per heavy atom. The van der Waals surface area contributed by atoms with Crippen molar-refractivity contribution in [2.24, 2.45) is 0 Å². The zero-order valence-electron chi connectivity index (χ0n) is 23.6. The number of carbonyl (C=O) groups excluding carboxylic acids is 2. The molecule has 0 spiro atoms. The molecule has 232 valence electrons. The Hall–Kier alpha value is -5.30. The molecule has 5 rings (SSSR count). The Bertz CT molecular complexity index is 1810. The van der Waals surface area contributed by atoms with Gasteiger partial charge in [-0.25, -0.2) is 8.91 Å². The number of halogens is 4. The zero-order chi connectivity index (χ0) is 32.0. The number of Topliss-reactive ketones (excluding diaryl/α,β-unsaturated/α-hetero) is 1. The largest absolute Gasteiger partial charge is 0.482 e. The lowest BCUT2D eigenvalue weighted by molar-refractivity contribution is -0.153. The van der Waals surface area contributed by atoms with Crippen LogP contribution in [-0.4, -0.2) is 57.3 Å². The van der Waals surface area contributed by atoms with Crippen molar-refractivity contribution in [1.29, 1.82) is 0 Å². The maximum Gasteiger partial charge on any atom is 0.422 e. The quantitative estimate of drug-likeness (QED) is 0.162. The summed E-state index contributed by atoms with van der Waals surface area (Å²) in [5.74, 6) is -1.09. The third-order valence-corrected chi connectivity index (χ3v) is 6.61. The molecule has 2 heterocycles. The molecule has 5 aromatic rings. The number of aromatic nitrogens is 3. The average molecular weight is 622 g/mol. The van der Waals surface area contributed by atoms with Gasteiger partial charge in [0, 0.05) is 36.7 Å². The second-order valence-electron chi connectivity index (χ2n) is 10.1. The van der Waals surface area contributed by atoms with Gasteiger partial charge < -0.3 is 20.5 Å². The van der Waals surface area contributed by atoms with Gasteiger partial charge in [-0.2, -0.15) is 18.2 Å². The first-order valence-corrected chi connectivity index (χ1v) is 13.8. The number of nitrogens with one attached hydrogen (secondary N) is 2. The van der Waals surface area contributed by atoms with Crippen LogP contribution in [0.4, 0.5) is 29.2 Å². The highest BCUT2D eigenvalue weighted by Crippen LogP contribution is 2.30. The van der Waals surface area contributed by atoms with Crippen LogP contribution in [0, 0.1) is 5.82 Å². The summed E-state index contributed by atoms with van der Waals surface area (Å²) in [4.78, 5) is 29.1. The minimum Gasteiger partial charge on any atom is -0.482 e. The van der Waals surface area contributed by atoms with Crippen molar-refractivity contribution in [1.82, 2.24) is 19.9 Å². The maximum absolute atomic E-state index is 13.1. The molecular formula is C32H27F4N5O4. The number of ether oxygens (including phenoxy) is 1. The lowest BCUT2D eigenvalue weighted by Gasteiger charge is -2.14. The summed E-state index contributed by atoms with van der Waals surface area (Å²) < 4.78 is 58.3. The lowest BCUT2D eigenvalue weighted by atomic mass is 10.0. The summed E-state index contributed by atoms with van der Waals surface area (Å²) in [6.45, 7) is -1.89. The van der Waals surface area contributed by atoms with Crippen molar-refractivity contribution in [2.75, 3.05) is 25.1 Å². The molecule has 0 fully saturated rings. The minimum absolute atomic E-state index is 0.00462. The number of anilines is 2. The van der Waals surface area contributed by atoms with Crippen LogP contribution in [0.25, 0.3) is 16.8 Å². The van der Waals surface area contributed by atoms with Crippen LogP contribution < -0.4 is 15.4 Å². The smallest absolute Gasteiger partial charge is 0.422 e. The van der Waals surface area contributed by atoms with Crippen LogP contribution in [0.2, 0.25) is 0 Å². The highest BCUT2D eigenvalue weighted by molar-refractivity contribution is 5.95. The van der Waals surface area contributed by atoms with Crippen molar-refractivity contribution >= 4 is 29.0 Å². The Kier molecular flexibility index (Phi) is 9.38. The predicted octanol–water partition coefficient (Wildman–Crippen LogP) is 5.30. The number of hydrogen-bond acceptors (Lipinski definition) is 7. The first kappa shape index (κ1) is 31.1. The standard InChI is InChI=1S/C32H27F4N5O4/c33-25-9-3-21(4-10-25)16-26(43)15-20-1-5-22(6-2-20)24-8-12-29-39-31(40-41(29)18-24)38-27-11-7-23(30(44)37-13-14-42)17-28(27)45-19-32(34,35)36/h1-12,17-18,42H,13-16,19H2,(H,37,44)(H,38,40). The molecule has 1 amide bonds. The van der Waals surface area contributed by atoms with Crippen LogP contribution >= 0.6 is 0 Å².